The van der Waals surface area contributed by atoms with E-state index < -0.39 is 5.82 Å². The number of Topliss-reactive ketones (excluding diaryl/α,β-unsaturated/α-hetero) is 2. The Labute approximate surface area is 147 Å². The van der Waals surface area contributed by atoms with E-state index in [4.69, 9.17) is 0 Å². The molecule has 0 spiro atoms. The monoisotopic (exact) mass is 356 g/mol. The van der Waals surface area contributed by atoms with E-state index in [2.05, 4.69) is 15.5 Å². The fourth-order valence-corrected chi connectivity index (χ4v) is 2.96. The SMILES string of the molecule is CC(=O)c1cccc(-n2nnnc2SCC(=O)c2ccccc2F)c1. The highest BCUT2D eigenvalue weighted by atomic mass is 32.2. The summed E-state index contributed by atoms with van der Waals surface area (Å²) < 4.78 is 15.1. The number of aromatic nitrogens is 4. The average molecular weight is 356 g/mol. The van der Waals surface area contributed by atoms with Crippen molar-refractivity contribution in [1.82, 2.24) is 20.2 Å². The molecular weight excluding hydrogens is 343 g/mol. The Hall–Kier alpha value is -2.87. The van der Waals surface area contributed by atoms with Crippen LogP contribution in [-0.2, 0) is 0 Å². The van der Waals surface area contributed by atoms with Crippen LogP contribution >= 0.6 is 11.8 Å². The maximum absolute atomic E-state index is 13.7. The number of carbonyl (C=O) groups excluding carboxylic acids is 2. The van der Waals surface area contributed by atoms with Crippen LogP contribution in [0.4, 0.5) is 4.39 Å². The van der Waals surface area contributed by atoms with E-state index >= 15 is 0 Å². The number of halogens is 1. The lowest BCUT2D eigenvalue weighted by molar-refractivity contribution is 0.101. The molecule has 0 atom stereocenters. The van der Waals surface area contributed by atoms with Crippen LogP contribution in [0.1, 0.15) is 27.6 Å². The van der Waals surface area contributed by atoms with Crippen molar-refractivity contribution >= 4 is 23.3 Å². The zero-order chi connectivity index (χ0) is 17.8. The molecule has 0 N–H and O–H groups in total. The summed E-state index contributed by atoms with van der Waals surface area (Å²) in [5.74, 6) is -0.982. The zero-order valence-corrected chi connectivity index (χ0v) is 14.0. The van der Waals surface area contributed by atoms with Gasteiger partial charge >= 0.3 is 0 Å². The second kappa shape index (κ2) is 7.35. The van der Waals surface area contributed by atoms with Crippen LogP contribution in [0.3, 0.4) is 0 Å². The normalized spacial score (nSPS) is 10.6. The minimum Gasteiger partial charge on any atom is -0.295 e. The van der Waals surface area contributed by atoms with Gasteiger partial charge in [0.2, 0.25) is 5.16 Å². The van der Waals surface area contributed by atoms with Crippen molar-refractivity contribution in [3.05, 3.63) is 65.5 Å². The summed E-state index contributed by atoms with van der Waals surface area (Å²) >= 11 is 1.10. The second-order valence-corrected chi connectivity index (χ2v) is 6.11. The summed E-state index contributed by atoms with van der Waals surface area (Å²) in [6.45, 7) is 1.47. The Kier molecular flexibility index (Phi) is 4.99. The molecule has 126 valence electrons. The van der Waals surface area contributed by atoms with E-state index in [1.165, 1.54) is 29.8 Å². The molecule has 1 aromatic heterocycles. The smallest absolute Gasteiger partial charge is 0.214 e. The quantitative estimate of drug-likeness (QED) is 0.499. The molecule has 0 radical (unpaired) electrons. The lowest BCUT2D eigenvalue weighted by Gasteiger charge is -2.06. The van der Waals surface area contributed by atoms with Gasteiger partial charge in [-0.25, -0.2) is 4.39 Å². The van der Waals surface area contributed by atoms with Crippen LogP contribution in [0.2, 0.25) is 0 Å². The molecule has 0 saturated carbocycles. The summed E-state index contributed by atoms with van der Waals surface area (Å²) in [5.41, 5.74) is 1.18. The number of nitrogens with zero attached hydrogens (tertiary/aromatic N) is 4. The van der Waals surface area contributed by atoms with Gasteiger partial charge in [0, 0.05) is 5.56 Å². The maximum atomic E-state index is 13.7. The number of hydrogen-bond donors (Lipinski definition) is 0. The molecule has 0 unspecified atom stereocenters. The van der Waals surface area contributed by atoms with Gasteiger partial charge in [-0.1, -0.05) is 36.0 Å². The molecule has 2 aromatic carbocycles. The Morgan fingerprint density at radius 2 is 1.96 bits per heavy atom. The maximum Gasteiger partial charge on any atom is 0.214 e. The predicted molar refractivity (Wildman–Crippen MR) is 90.6 cm³/mol. The van der Waals surface area contributed by atoms with Crippen molar-refractivity contribution in [1.29, 1.82) is 0 Å². The molecule has 0 fully saturated rings. The third-order valence-electron chi connectivity index (χ3n) is 3.44. The van der Waals surface area contributed by atoms with Crippen molar-refractivity contribution in [3.8, 4) is 5.69 Å². The number of rotatable bonds is 6. The van der Waals surface area contributed by atoms with Gasteiger partial charge in [0.15, 0.2) is 11.6 Å². The second-order valence-electron chi connectivity index (χ2n) is 5.17. The summed E-state index contributed by atoms with van der Waals surface area (Å²) in [5, 5.41) is 11.8. The number of hydrogen-bond acceptors (Lipinski definition) is 6. The number of carbonyl (C=O) groups is 2. The van der Waals surface area contributed by atoms with Crippen molar-refractivity contribution in [2.45, 2.75) is 12.1 Å². The van der Waals surface area contributed by atoms with E-state index in [-0.39, 0.29) is 22.9 Å². The molecule has 3 aromatic rings. The average Bonchev–Trinajstić information content (AvgIpc) is 3.09. The Bertz CT molecular complexity index is 942. The third-order valence-corrected chi connectivity index (χ3v) is 4.36. The van der Waals surface area contributed by atoms with Gasteiger partial charge in [-0.2, -0.15) is 4.68 Å². The molecule has 0 amide bonds. The van der Waals surface area contributed by atoms with Gasteiger partial charge in [0.05, 0.1) is 17.0 Å². The third kappa shape index (κ3) is 3.80. The molecule has 6 nitrogen and oxygen atoms in total. The molecule has 3 rings (SSSR count). The van der Waals surface area contributed by atoms with E-state index in [1.807, 2.05) is 0 Å². The minimum atomic E-state index is -0.554. The highest BCUT2D eigenvalue weighted by Gasteiger charge is 2.15. The van der Waals surface area contributed by atoms with Crippen molar-refractivity contribution in [2.24, 2.45) is 0 Å². The molecule has 8 heteroatoms. The van der Waals surface area contributed by atoms with Crippen LogP contribution in [0.15, 0.2) is 53.7 Å². The number of thioether (sulfide) groups is 1. The van der Waals surface area contributed by atoms with Crippen LogP contribution in [0.5, 0.6) is 0 Å². The first kappa shape index (κ1) is 17.0. The first-order valence-corrected chi connectivity index (χ1v) is 8.35. The Balaban J connectivity index is 1.79. The van der Waals surface area contributed by atoms with Gasteiger partial charge in [-0.15, -0.1) is 5.10 Å². The largest absolute Gasteiger partial charge is 0.295 e. The summed E-state index contributed by atoms with van der Waals surface area (Å²) in [4.78, 5) is 23.7. The van der Waals surface area contributed by atoms with E-state index in [1.54, 1.807) is 30.3 Å². The highest BCUT2D eigenvalue weighted by Crippen LogP contribution is 2.21. The molecule has 0 bridgehead atoms. The lowest BCUT2D eigenvalue weighted by Crippen LogP contribution is -2.07. The fraction of sp³-hybridized carbons (Fsp3) is 0.118. The molecule has 25 heavy (non-hydrogen) atoms. The number of ketones is 2. The molecule has 0 aliphatic heterocycles. The Morgan fingerprint density at radius 1 is 1.16 bits per heavy atom. The molecule has 0 aliphatic carbocycles. The minimum absolute atomic E-state index is 0.00624. The zero-order valence-electron chi connectivity index (χ0n) is 13.2. The van der Waals surface area contributed by atoms with Gasteiger partial charge in [0.1, 0.15) is 5.82 Å². The Morgan fingerprint density at radius 3 is 2.72 bits per heavy atom. The summed E-state index contributed by atoms with van der Waals surface area (Å²) in [6, 6.07) is 12.7. The van der Waals surface area contributed by atoms with E-state index in [0.29, 0.717) is 16.4 Å². The topological polar surface area (TPSA) is 77.7 Å². The van der Waals surface area contributed by atoms with Gasteiger partial charge in [-0.05, 0) is 41.6 Å². The van der Waals surface area contributed by atoms with Crippen molar-refractivity contribution < 1.29 is 14.0 Å². The van der Waals surface area contributed by atoms with E-state index in [9.17, 15) is 14.0 Å². The lowest BCUT2D eigenvalue weighted by atomic mass is 10.1. The first-order valence-electron chi connectivity index (χ1n) is 7.36. The predicted octanol–water partition coefficient (Wildman–Crippen LogP) is 2.98. The summed E-state index contributed by atoms with van der Waals surface area (Å²) in [7, 11) is 0. The van der Waals surface area contributed by atoms with Crippen LogP contribution < -0.4 is 0 Å². The molecule has 0 saturated heterocycles. The van der Waals surface area contributed by atoms with E-state index in [0.717, 1.165) is 11.8 Å². The molecular formula is C17H13FN4O2S. The van der Waals surface area contributed by atoms with Gasteiger partial charge < -0.3 is 0 Å². The van der Waals surface area contributed by atoms with Crippen LogP contribution in [-0.4, -0.2) is 37.5 Å². The number of tetrazole rings is 1. The standard InChI is InChI=1S/C17H13FN4O2S/c1-11(23)12-5-4-6-13(9-12)22-17(19-20-21-22)25-10-16(24)14-7-2-3-8-15(14)18/h2-9H,10H2,1H3. The fourth-order valence-electron chi connectivity index (χ4n) is 2.18. The first-order chi connectivity index (χ1) is 12.1. The number of benzene rings is 2. The van der Waals surface area contributed by atoms with Crippen LogP contribution in [0, 0.1) is 5.82 Å². The highest BCUT2D eigenvalue weighted by molar-refractivity contribution is 7.99. The summed E-state index contributed by atoms with van der Waals surface area (Å²) in [6.07, 6.45) is 0. The molecule has 1 heterocycles. The van der Waals surface area contributed by atoms with Crippen molar-refractivity contribution in [2.75, 3.05) is 5.75 Å². The van der Waals surface area contributed by atoms with Crippen molar-refractivity contribution in [3.63, 3.8) is 0 Å². The van der Waals surface area contributed by atoms with Gasteiger partial charge in [-0.3, -0.25) is 9.59 Å². The molecule has 0 aliphatic rings. The van der Waals surface area contributed by atoms with Crippen LogP contribution in [0.25, 0.3) is 5.69 Å². The van der Waals surface area contributed by atoms with Gasteiger partial charge in [0.25, 0.3) is 0 Å².